The Balaban J connectivity index is 1.33. The number of pyridine rings is 2. The molecule has 0 bridgehead atoms. The first-order valence-electron chi connectivity index (χ1n) is 9.70. The average molecular weight is 410 g/mol. The molecule has 0 aliphatic heterocycles. The maximum atomic E-state index is 10.0. The van der Waals surface area contributed by atoms with Gasteiger partial charge in [-0.25, -0.2) is 9.97 Å². The number of nitrogens with zero attached hydrogens (tertiary/aromatic N) is 2. The van der Waals surface area contributed by atoms with E-state index < -0.39 is 12.2 Å². The summed E-state index contributed by atoms with van der Waals surface area (Å²) in [5.74, 6) is 2.65. The summed E-state index contributed by atoms with van der Waals surface area (Å²) in [6, 6.07) is 18.1. The smallest absolute Gasteiger partial charge is 0.125 e. The Morgan fingerprint density at radius 3 is 1.47 bits per heavy atom. The largest absolute Gasteiger partial charge is 0.491 e. The Morgan fingerprint density at radius 2 is 1.10 bits per heavy atom. The zero-order valence-corrected chi connectivity index (χ0v) is 16.5. The lowest BCUT2D eigenvalue weighted by molar-refractivity contribution is 0.115. The number of benzene rings is 1. The highest BCUT2D eigenvalue weighted by molar-refractivity contribution is 5.34. The van der Waals surface area contributed by atoms with E-state index in [1.54, 1.807) is 36.7 Å². The molecule has 30 heavy (non-hydrogen) atoms. The summed E-state index contributed by atoms with van der Waals surface area (Å²) in [5.41, 5.74) is 0. The fraction of sp³-hybridized carbons (Fsp3) is 0.273. The number of nitrogens with one attached hydrogen (secondary N) is 2. The first kappa shape index (κ1) is 21.4. The van der Waals surface area contributed by atoms with Crippen molar-refractivity contribution in [1.82, 2.24) is 9.97 Å². The molecule has 0 spiro atoms. The van der Waals surface area contributed by atoms with Crippen LogP contribution in [0, 0.1) is 0 Å². The number of aliphatic hydroxyl groups is 2. The summed E-state index contributed by atoms with van der Waals surface area (Å²) < 4.78 is 11.2. The van der Waals surface area contributed by atoms with Gasteiger partial charge < -0.3 is 30.3 Å². The zero-order chi connectivity index (χ0) is 21.0. The molecule has 2 heterocycles. The highest BCUT2D eigenvalue weighted by Crippen LogP contribution is 2.18. The summed E-state index contributed by atoms with van der Waals surface area (Å²) in [7, 11) is 0. The van der Waals surface area contributed by atoms with E-state index in [1.807, 2.05) is 36.4 Å². The van der Waals surface area contributed by atoms with Gasteiger partial charge in [0, 0.05) is 25.5 Å². The van der Waals surface area contributed by atoms with Crippen molar-refractivity contribution in [3.8, 4) is 11.5 Å². The number of hydrogen-bond acceptors (Lipinski definition) is 8. The average Bonchev–Trinajstić information content (AvgIpc) is 2.80. The minimum atomic E-state index is -0.676. The van der Waals surface area contributed by atoms with Crippen LogP contribution in [0.4, 0.5) is 11.6 Å². The maximum absolute atomic E-state index is 10.0. The van der Waals surface area contributed by atoms with Crippen LogP contribution in [-0.4, -0.2) is 58.7 Å². The molecule has 0 aliphatic carbocycles. The highest BCUT2D eigenvalue weighted by atomic mass is 16.5. The van der Waals surface area contributed by atoms with E-state index in [-0.39, 0.29) is 13.2 Å². The van der Waals surface area contributed by atoms with Crippen LogP contribution in [0.5, 0.6) is 11.5 Å². The number of aromatic nitrogens is 2. The Bertz CT molecular complexity index is 778. The van der Waals surface area contributed by atoms with Crippen molar-refractivity contribution >= 4 is 11.6 Å². The third kappa shape index (κ3) is 7.57. The number of ether oxygens (including phenoxy) is 2. The van der Waals surface area contributed by atoms with Crippen molar-refractivity contribution in [1.29, 1.82) is 0 Å². The molecule has 0 fully saturated rings. The molecule has 0 amide bonds. The second kappa shape index (κ2) is 11.6. The molecule has 0 saturated carbocycles. The van der Waals surface area contributed by atoms with Gasteiger partial charge in [-0.05, 0) is 48.5 Å². The van der Waals surface area contributed by atoms with Gasteiger partial charge in [0.25, 0.3) is 0 Å². The van der Waals surface area contributed by atoms with Crippen LogP contribution < -0.4 is 20.1 Å². The summed E-state index contributed by atoms with van der Waals surface area (Å²) in [4.78, 5) is 8.27. The SMILES string of the molecule is O[C@H](CNc1ccccn1)COc1ccc(OC[C@H](O)CNc2ccccn2)cc1. The van der Waals surface area contributed by atoms with Crippen LogP contribution >= 0.6 is 0 Å². The van der Waals surface area contributed by atoms with Gasteiger partial charge in [-0.1, -0.05) is 12.1 Å². The third-order valence-electron chi connectivity index (χ3n) is 4.08. The van der Waals surface area contributed by atoms with E-state index in [2.05, 4.69) is 20.6 Å². The predicted molar refractivity (Wildman–Crippen MR) is 115 cm³/mol. The summed E-state index contributed by atoms with van der Waals surface area (Å²) in [6.45, 7) is 0.973. The van der Waals surface area contributed by atoms with Gasteiger partial charge in [-0.3, -0.25) is 0 Å². The Labute approximate surface area is 175 Å². The second-order valence-corrected chi connectivity index (χ2v) is 6.59. The Morgan fingerprint density at radius 1 is 0.667 bits per heavy atom. The maximum Gasteiger partial charge on any atom is 0.125 e. The van der Waals surface area contributed by atoms with Crippen LogP contribution in [-0.2, 0) is 0 Å². The first-order valence-corrected chi connectivity index (χ1v) is 9.70. The predicted octanol–water partition coefficient (Wildman–Crippen LogP) is 2.18. The zero-order valence-electron chi connectivity index (χ0n) is 16.5. The van der Waals surface area contributed by atoms with E-state index >= 15 is 0 Å². The Hall–Kier alpha value is -3.36. The lowest BCUT2D eigenvalue weighted by atomic mass is 10.3. The van der Waals surface area contributed by atoms with Crippen LogP contribution in [0.25, 0.3) is 0 Å². The van der Waals surface area contributed by atoms with E-state index in [0.29, 0.717) is 36.2 Å². The van der Waals surface area contributed by atoms with Gasteiger partial charge in [0.15, 0.2) is 0 Å². The van der Waals surface area contributed by atoms with E-state index in [4.69, 9.17) is 9.47 Å². The lowest BCUT2D eigenvalue weighted by Gasteiger charge is -2.15. The van der Waals surface area contributed by atoms with E-state index in [1.165, 1.54) is 0 Å². The van der Waals surface area contributed by atoms with Gasteiger partial charge >= 0.3 is 0 Å². The van der Waals surface area contributed by atoms with Crippen LogP contribution in [0.15, 0.2) is 73.1 Å². The number of rotatable bonds is 12. The third-order valence-corrected chi connectivity index (χ3v) is 4.08. The van der Waals surface area contributed by atoms with Crippen LogP contribution in [0.1, 0.15) is 0 Å². The molecule has 8 heteroatoms. The van der Waals surface area contributed by atoms with E-state index in [9.17, 15) is 10.2 Å². The summed E-state index contributed by atoms with van der Waals surface area (Å²) >= 11 is 0. The summed E-state index contributed by atoms with van der Waals surface area (Å²) in [6.07, 6.45) is 2.02. The van der Waals surface area contributed by atoms with Crippen molar-refractivity contribution in [3.05, 3.63) is 73.1 Å². The molecule has 8 nitrogen and oxygen atoms in total. The molecular formula is C22H26N4O4. The Kier molecular flexibility index (Phi) is 8.25. The van der Waals surface area contributed by atoms with Crippen molar-refractivity contribution in [2.24, 2.45) is 0 Å². The van der Waals surface area contributed by atoms with Gasteiger partial charge in [-0.2, -0.15) is 0 Å². The molecule has 3 rings (SSSR count). The molecule has 1 aromatic carbocycles. The number of hydrogen-bond donors (Lipinski definition) is 4. The monoisotopic (exact) mass is 410 g/mol. The number of aliphatic hydroxyl groups excluding tert-OH is 2. The minimum Gasteiger partial charge on any atom is -0.491 e. The highest BCUT2D eigenvalue weighted by Gasteiger charge is 2.08. The van der Waals surface area contributed by atoms with Crippen molar-refractivity contribution < 1.29 is 19.7 Å². The molecule has 4 N–H and O–H groups in total. The van der Waals surface area contributed by atoms with Gasteiger partial charge in [0.2, 0.25) is 0 Å². The van der Waals surface area contributed by atoms with Gasteiger partial charge in [0.05, 0.1) is 0 Å². The molecule has 0 radical (unpaired) electrons. The van der Waals surface area contributed by atoms with E-state index in [0.717, 1.165) is 0 Å². The van der Waals surface area contributed by atoms with Gasteiger partial charge in [-0.15, -0.1) is 0 Å². The van der Waals surface area contributed by atoms with Gasteiger partial charge in [0.1, 0.15) is 48.6 Å². The fourth-order valence-corrected chi connectivity index (χ4v) is 2.51. The molecule has 0 aliphatic rings. The lowest BCUT2D eigenvalue weighted by Crippen LogP contribution is -2.26. The fourth-order valence-electron chi connectivity index (χ4n) is 2.51. The quantitative estimate of drug-likeness (QED) is 0.360. The minimum absolute atomic E-state index is 0.151. The number of anilines is 2. The second-order valence-electron chi connectivity index (χ2n) is 6.59. The van der Waals surface area contributed by atoms with Crippen molar-refractivity contribution in [2.45, 2.75) is 12.2 Å². The van der Waals surface area contributed by atoms with Crippen molar-refractivity contribution in [2.75, 3.05) is 36.9 Å². The molecule has 2 aromatic heterocycles. The molecule has 158 valence electrons. The van der Waals surface area contributed by atoms with Crippen LogP contribution in [0.2, 0.25) is 0 Å². The van der Waals surface area contributed by atoms with Crippen LogP contribution in [0.3, 0.4) is 0 Å². The summed E-state index contributed by atoms with van der Waals surface area (Å²) in [5, 5.41) is 26.1. The molecule has 2 atom stereocenters. The molecule has 0 saturated heterocycles. The molecular weight excluding hydrogens is 384 g/mol. The molecule has 0 unspecified atom stereocenters. The van der Waals surface area contributed by atoms with Crippen molar-refractivity contribution in [3.63, 3.8) is 0 Å². The molecule has 3 aromatic rings. The first-order chi connectivity index (χ1) is 14.7. The standard InChI is InChI=1S/C22H26N4O4/c27-17(13-25-21-5-1-3-11-23-21)15-29-19-7-9-20(10-8-19)30-16-18(28)14-26-22-6-2-4-12-24-22/h1-12,17-18,27-28H,13-16H2,(H,23,25)(H,24,26)/t17-,18-/m1/s1. The topological polar surface area (TPSA) is 109 Å². The normalized spacial score (nSPS) is 12.6.